The van der Waals surface area contributed by atoms with Gasteiger partial charge in [-0.05, 0) is 54.8 Å². The molecule has 28 heavy (non-hydrogen) atoms. The number of nitrogens with one attached hydrogen (secondary N) is 1. The highest BCUT2D eigenvalue weighted by molar-refractivity contribution is 5.85. The van der Waals surface area contributed by atoms with Gasteiger partial charge in [0, 0.05) is 11.3 Å². The molecule has 1 radical (unpaired) electrons. The lowest BCUT2D eigenvalue weighted by atomic mass is 9.70. The topological polar surface area (TPSA) is 107 Å². The predicted octanol–water partition coefficient (Wildman–Crippen LogP) is 2.09. The lowest BCUT2D eigenvalue weighted by molar-refractivity contribution is -0.127. The van der Waals surface area contributed by atoms with Crippen LogP contribution in [-0.2, 0) is 16.0 Å². The van der Waals surface area contributed by atoms with E-state index in [9.17, 15) is 14.4 Å². The van der Waals surface area contributed by atoms with Gasteiger partial charge in [0.1, 0.15) is 6.26 Å². The van der Waals surface area contributed by atoms with Gasteiger partial charge in [-0.15, -0.1) is 0 Å². The van der Waals surface area contributed by atoms with E-state index in [1.807, 2.05) is 24.5 Å². The number of hydrogen-bond acceptors (Lipinski definition) is 5. The third-order valence-electron chi connectivity index (χ3n) is 5.34. The number of aromatic nitrogens is 1. The van der Waals surface area contributed by atoms with Crippen LogP contribution in [0.5, 0.6) is 0 Å². The molecule has 0 aliphatic carbocycles. The van der Waals surface area contributed by atoms with Crippen LogP contribution in [0.3, 0.4) is 0 Å². The van der Waals surface area contributed by atoms with Crippen molar-refractivity contribution >= 4 is 17.9 Å². The Morgan fingerprint density at radius 2 is 2.14 bits per heavy atom. The average molecular weight is 376 g/mol. The van der Waals surface area contributed by atoms with Crippen molar-refractivity contribution in [3.8, 4) is 5.69 Å². The maximum atomic E-state index is 12.4. The van der Waals surface area contributed by atoms with E-state index in [1.165, 1.54) is 17.0 Å². The zero-order chi connectivity index (χ0) is 19.9. The summed E-state index contributed by atoms with van der Waals surface area (Å²) in [5.74, 6) is -0.948. The number of nitrogens with zero attached hydrogens (tertiary/aromatic N) is 1. The van der Waals surface area contributed by atoms with E-state index in [1.54, 1.807) is 31.2 Å². The van der Waals surface area contributed by atoms with E-state index in [-0.39, 0.29) is 0 Å². The average Bonchev–Trinajstić information content (AvgIpc) is 3.13. The second-order valence-corrected chi connectivity index (χ2v) is 7.14. The number of nitrogens with two attached hydrogens (primary N) is 1. The van der Waals surface area contributed by atoms with Crippen LogP contribution in [0, 0.1) is 5.41 Å². The van der Waals surface area contributed by atoms with Gasteiger partial charge in [-0.25, -0.2) is 9.36 Å². The van der Waals surface area contributed by atoms with Crippen molar-refractivity contribution in [2.75, 3.05) is 5.32 Å². The molecular weight excluding hydrogens is 358 g/mol. The summed E-state index contributed by atoms with van der Waals surface area (Å²) in [5, 5.41) is 3.38. The smallest absolute Gasteiger partial charge is 0.416 e. The molecule has 0 bridgehead atoms. The van der Waals surface area contributed by atoms with E-state index in [4.69, 9.17) is 10.2 Å². The van der Waals surface area contributed by atoms with Crippen LogP contribution in [0.2, 0.25) is 0 Å². The lowest BCUT2D eigenvalue weighted by Crippen LogP contribution is -2.46. The Labute approximate surface area is 160 Å². The summed E-state index contributed by atoms with van der Waals surface area (Å²) in [7, 11) is 0. The molecule has 7 nitrogen and oxygen atoms in total. The van der Waals surface area contributed by atoms with Crippen LogP contribution >= 0.6 is 0 Å². The highest BCUT2D eigenvalue weighted by Gasteiger charge is 2.44. The number of rotatable bonds is 4. The van der Waals surface area contributed by atoms with Gasteiger partial charge in [-0.3, -0.25) is 9.59 Å². The highest BCUT2D eigenvalue weighted by atomic mass is 16.4. The van der Waals surface area contributed by atoms with Crippen LogP contribution in [0.15, 0.2) is 64.1 Å². The van der Waals surface area contributed by atoms with E-state index in [2.05, 4.69) is 5.32 Å². The summed E-state index contributed by atoms with van der Waals surface area (Å²) in [5.41, 5.74) is 8.37. The summed E-state index contributed by atoms with van der Waals surface area (Å²) < 4.78 is 6.22. The Morgan fingerprint density at radius 3 is 2.82 bits per heavy atom. The van der Waals surface area contributed by atoms with Crippen molar-refractivity contribution in [3.63, 3.8) is 0 Å². The molecule has 2 atom stereocenters. The summed E-state index contributed by atoms with van der Waals surface area (Å²) in [6.07, 6.45) is 5.10. The van der Waals surface area contributed by atoms with E-state index in [0.29, 0.717) is 17.7 Å². The summed E-state index contributed by atoms with van der Waals surface area (Å²) >= 11 is 0. The Kier molecular flexibility index (Phi) is 4.15. The first-order valence-corrected chi connectivity index (χ1v) is 8.76. The summed E-state index contributed by atoms with van der Waals surface area (Å²) in [6.45, 7) is 1.80. The summed E-state index contributed by atoms with van der Waals surface area (Å²) in [6, 6.07) is 12.1. The molecule has 3 aromatic rings. The summed E-state index contributed by atoms with van der Waals surface area (Å²) in [4.78, 5) is 35.2. The monoisotopic (exact) mass is 376 g/mol. The van der Waals surface area contributed by atoms with E-state index >= 15 is 0 Å². The minimum absolute atomic E-state index is 0.376. The molecule has 1 aliphatic heterocycles. The maximum absolute atomic E-state index is 12.4. The predicted molar refractivity (Wildman–Crippen MR) is 103 cm³/mol. The fourth-order valence-corrected chi connectivity index (χ4v) is 3.75. The Bertz CT molecular complexity index is 1130. The molecule has 141 valence electrons. The molecule has 1 aromatic heterocycles. The van der Waals surface area contributed by atoms with Crippen LogP contribution in [0.25, 0.3) is 5.69 Å². The van der Waals surface area contributed by atoms with Crippen molar-refractivity contribution in [2.45, 2.75) is 19.4 Å². The SMILES string of the molecule is CC1(C(N)=O)Cc2cc([C]=O)ccc2NC1c1cccc(-n2ccoc2=O)c1. The second-order valence-electron chi connectivity index (χ2n) is 7.14. The first-order chi connectivity index (χ1) is 13.4. The highest BCUT2D eigenvalue weighted by Crippen LogP contribution is 2.45. The number of amides is 1. The van der Waals surface area contributed by atoms with Crippen LogP contribution in [0.1, 0.15) is 29.7 Å². The Balaban J connectivity index is 1.81. The number of primary amides is 1. The minimum Gasteiger partial charge on any atom is -0.416 e. The molecule has 0 fully saturated rings. The molecule has 4 rings (SSSR count). The molecule has 0 saturated heterocycles. The van der Waals surface area contributed by atoms with Crippen LogP contribution in [-0.4, -0.2) is 16.8 Å². The van der Waals surface area contributed by atoms with Crippen molar-refractivity contribution in [3.05, 3.63) is 82.2 Å². The Morgan fingerprint density at radius 1 is 1.32 bits per heavy atom. The van der Waals surface area contributed by atoms with Gasteiger partial charge in [0.15, 0.2) is 0 Å². The second kappa shape index (κ2) is 6.53. The molecule has 0 saturated carbocycles. The molecule has 3 N–H and O–H groups in total. The first-order valence-electron chi connectivity index (χ1n) is 8.76. The molecule has 1 amide bonds. The van der Waals surface area contributed by atoms with Gasteiger partial charge in [0.2, 0.25) is 12.2 Å². The maximum Gasteiger partial charge on any atom is 0.423 e. The van der Waals surface area contributed by atoms with Crippen molar-refractivity contribution in [2.24, 2.45) is 11.1 Å². The molecule has 2 heterocycles. The third kappa shape index (κ3) is 2.81. The van der Waals surface area contributed by atoms with Crippen LogP contribution in [0.4, 0.5) is 5.69 Å². The zero-order valence-corrected chi connectivity index (χ0v) is 15.1. The molecular formula is C21H18N3O4. The number of benzene rings is 2. The number of oxazole rings is 1. The van der Waals surface area contributed by atoms with Gasteiger partial charge in [0.25, 0.3) is 0 Å². The van der Waals surface area contributed by atoms with Gasteiger partial charge >= 0.3 is 5.76 Å². The number of hydrogen-bond donors (Lipinski definition) is 2. The standard InChI is InChI=1S/C21H18N3O4/c1-21(19(22)26)11-15-9-13(12-25)5-6-17(15)23-18(21)14-3-2-4-16(10-14)24-7-8-28-20(24)27/h2-10,18,23H,11H2,1H3,(H2,22,26). The lowest BCUT2D eigenvalue weighted by Gasteiger charge is -2.41. The van der Waals surface area contributed by atoms with Gasteiger partial charge in [-0.2, -0.15) is 0 Å². The largest absolute Gasteiger partial charge is 0.423 e. The zero-order valence-electron chi connectivity index (χ0n) is 15.1. The van der Waals surface area contributed by atoms with Crippen molar-refractivity contribution < 1.29 is 14.0 Å². The first kappa shape index (κ1) is 17.8. The fourth-order valence-electron chi connectivity index (χ4n) is 3.75. The molecule has 7 heteroatoms. The number of fused-ring (bicyclic) bond motifs is 1. The van der Waals surface area contributed by atoms with Crippen molar-refractivity contribution in [1.29, 1.82) is 0 Å². The quantitative estimate of drug-likeness (QED) is 0.725. The van der Waals surface area contributed by atoms with Crippen LogP contribution < -0.4 is 16.8 Å². The van der Waals surface area contributed by atoms with Gasteiger partial charge in [-0.1, -0.05) is 12.1 Å². The third-order valence-corrected chi connectivity index (χ3v) is 5.34. The van der Waals surface area contributed by atoms with Gasteiger partial charge in [0.05, 0.1) is 23.3 Å². The number of carbonyl (C=O) groups excluding carboxylic acids is 2. The molecule has 2 unspecified atom stereocenters. The van der Waals surface area contributed by atoms with Gasteiger partial charge < -0.3 is 15.5 Å². The number of carbonyl (C=O) groups is 1. The van der Waals surface area contributed by atoms with Crippen molar-refractivity contribution in [1.82, 2.24) is 4.57 Å². The fraction of sp³-hybridized carbons (Fsp3) is 0.190. The molecule has 0 spiro atoms. The molecule has 2 aromatic carbocycles. The van der Waals surface area contributed by atoms with E-state index < -0.39 is 23.1 Å². The number of anilines is 1. The molecule has 1 aliphatic rings. The minimum atomic E-state index is -0.936. The van der Waals surface area contributed by atoms with E-state index in [0.717, 1.165) is 16.8 Å². The Hall–Kier alpha value is -3.61. The normalized spacial score (nSPS) is 20.8.